The van der Waals surface area contributed by atoms with Gasteiger partial charge in [0.25, 0.3) is 5.91 Å². The van der Waals surface area contributed by atoms with Crippen LogP contribution in [0.3, 0.4) is 0 Å². The number of piperazine rings is 1. The van der Waals surface area contributed by atoms with Gasteiger partial charge in [0.1, 0.15) is 0 Å². The Labute approximate surface area is 212 Å². The molecule has 188 valence electrons. The lowest BCUT2D eigenvalue weighted by atomic mass is 10.1. The number of hydrogen-bond acceptors (Lipinski definition) is 6. The van der Waals surface area contributed by atoms with Crippen LogP contribution in [0.1, 0.15) is 49.5 Å². The van der Waals surface area contributed by atoms with Gasteiger partial charge in [-0.15, -0.1) is 0 Å². The van der Waals surface area contributed by atoms with Gasteiger partial charge < -0.3 is 9.80 Å². The Morgan fingerprint density at radius 1 is 0.971 bits per heavy atom. The van der Waals surface area contributed by atoms with Gasteiger partial charge in [-0.2, -0.15) is 4.31 Å². The Kier molecular flexibility index (Phi) is 8.09. The van der Waals surface area contributed by atoms with Crippen molar-refractivity contribution in [1.29, 1.82) is 0 Å². The maximum absolute atomic E-state index is 13.1. The van der Waals surface area contributed by atoms with Crippen molar-refractivity contribution in [2.45, 2.75) is 44.9 Å². The molecule has 1 aliphatic heterocycles. The summed E-state index contributed by atoms with van der Waals surface area (Å²) in [6.45, 7) is 9.74. The lowest BCUT2D eigenvalue weighted by Crippen LogP contribution is -2.48. The van der Waals surface area contributed by atoms with E-state index in [4.69, 9.17) is 4.98 Å². The minimum atomic E-state index is -3.55. The normalized spacial score (nSPS) is 14.7. The van der Waals surface area contributed by atoms with E-state index in [2.05, 4.69) is 30.0 Å². The minimum Gasteiger partial charge on any atom is -0.345 e. The monoisotopic (exact) mass is 514 g/mol. The first kappa shape index (κ1) is 25.6. The molecular formula is C26H34N4O3S2. The van der Waals surface area contributed by atoms with Crippen molar-refractivity contribution in [3.63, 3.8) is 0 Å². The molecule has 0 spiro atoms. The number of benzene rings is 2. The second-order valence-corrected chi connectivity index (χ2v) is 11.8. The summed E-state index contributed by atoms with van der Waals surface area (Å²) in [4.78, 5) is 22.3. The van der Waals surface area contributed by atoms with Crippen LogP contribution in [0.5, 0.6) is 0 Å². The lowest BCUT2D eigenvalue weighted by Gasteiger charge is -2.34. The van der Waals surface area contributed by atoms with E-state index in [1.807, 2.05) is 18.7 Å². The van der Waals surface area contributed by atoms with E-state index < -0.39 is 10.0 Å². The minimum absolute atomic E-state index is 0.0647. The van der Waals surface area contributed by atoms with Crippen LogP contribution in [0, 0.1) is 0 Å². The van der Waals surface area contributed by atoms with E-state index in [-0.39, 0.29) is 10.8 Å². The van der Waals surface area contributed by atoms with E-state index in [9.17, 15) is 13.2 Å². The van der Waals surface area contributed by atoms with Crippen LogP contribution in [0.15, 0.2) is 47.4 Å². The molecule has 0 atom stereocenters. The fourth-order valence-corrected chi connectivity index (χ4v) is 7.16. The molecule has 2 heterocycles. The molecule has 1 amide bonds. The van der Waals surface area contributed by atoms with Crippen molar-refractivity contribution in [1.82, 2.24) is 14.2 Å². The number of hydrogen-bond donors (Lipinski definition) is 0. The van der Waals surface area contributed by atoms with E-state index in [1.54, 1.807) is 35.6 Å². The molecule has 0 radical (unpaired) electrons. The Morgan fingerprint density at radius 2 is 1.63 bits per heavy atom. The van der Waals surface area contributed by atoms with Crippen molar-refractivity contribution >= 4 is 42.6 Å². The van der Waals surface area contributed by atoms with Crippen LogP contribution in [-0.4, -0.2) is 67.8 Å². The van der Waals surface area contributed by atoms with Crippen molar-refractivity contribution in [3.8, 4) is 0 Å². The van der Waals surface area contributed by atoms with Gasteiger partial charge in [-0.05, 0) is 55.2 Å². The zero-order chi connectivity index (χ0) is 25.0. The average Bonchev–Trinajstić information content (AvgIpc) is 3.33. The topological polar surface area (TPSA) is 73.8 Å². The summed E-state index contributed by atoms with van der Waals surface area (Å²) < 4.78 is 28.7. The summed E-state index contributed by atoms with van der Waals surface area (Å²) >= 11 is 1.70. The zero-order valence-electron chi connectivity index (χ0n) is 20.7. The largest absolute Gasteiger partial charge is 0.345 e. The number of amides is 1. The number of nitrogens with zero attached hydrogens (tertiary/aromatic N) is 4. The zero-order valence-corrected chi connectivity index (χ0v) is 22.4. The van der Waals surface area contributed by atoms with Gasteiger partial charge in [0, 0.05) is 44.8 Å². The quantitative estimate of drug-likeness (QED) is 0.416. The number of fused-ring (bicyclic) bond motifs is 1. The van der Waals surface area contributed by atoms with Gasteiger partial charge in [-0.3, -0.25) is 4.79 Å². The van der Waals surface area contributed by atoms with Crippen LogP contribution in [0.25, 0.3) is 10.2 Å². The third-order valence-corrected chi connectivity index (χ3v) is 9.39. The molecule has 0 aliphatic carbocycles. The third kappa shape index (κ3) is 5.37. The number of carbonyl (C=O) groups is 1. The van der Waals surface area contributed by atoms with E-state index in [0.717, 1.165) is 43.0 Å². The molecule has 7 nitrogen and oxygen atoms in total. The summed E-state index contributed by atoms with van der Waals surface area (Å²) in [7, 11) is -3.55. The fourth-order valence-electron chi connectivity index (χ4n) is 4.47. The first-order chi connectivity index (χ1) is 16.9. The number of carbonyl (C=O) groups excluding carboxylic acids is 1. The van der Waals surface area contributed by atoms with Crippen molar-refractivity contribution < 1.29 is 13.2 Å². The van der Waals surface area contributed by atoms with Gasteiger partial charge in [-0.1, -0.05) is 44.2 Å². The highest BCUT2D eigenvalue weighted by Crippen LogP contribution is 2.31. The molecule has 1 aliphatic rings. The Balaban J connectivity index is 1.41. The molecular weight excluding hydrogens is 480 g/mol. The summed E-state index contributed by atoms with van der Waals surface area (Å²) in [5, 5.41) is 1.01. The van der Waals surface area contributed by atoms with Gasteiger partial charge in [0.2, 0.25) is 10.0 Å². The lowest BCUT2D eigenvalue weighted by molar-refractivity contribution is 0.0746. The predicted octanol–water partition coefficient (Wildman–Crippen LogP) is 4.63. The molecule has 0 N–H and O–H groups in total. The van der Waals surface area contributed by atoms with Crippen LogP contribution in [0.2, 0.25) is 0 Å². The van der Waals surface area contributed by atoms with Crippen LogP contribution < -0.4 is 4.90 Å². The molecule has 2 aromatic carbocycles. The van der Waals surface area contributed by atoms with E-state index in [0.29, 0.717) is 31.7 Å². The number of anilines is 1. The Morgan fingerprint density at radius 3 is 2.23 bits per heavy atom. The molecule has 4 rings (SSSR count). The molecule has 1 saturated heterocycles. The summed E-state index contributed by atoms with van der Waals surface area (Å²) in [5.74, 6) is -0.0647. The summed E-state index contributed by atoms with van der Waals surface area (Å²) in [6.07, 6.45) is 2.48. The van der Waals surface area contributed by atoms with E-state index >= 15 is 0 Å². The predicted molar refractivity (Wildman–Crippen MR) is 143 cm³/mol. The molecule has 3 aromatic rings. The van der Waals surface area contributed by atoms with Crippen LogP contribution in [-0.2, 0) is 16.4 Å². The Hall–Kier alpha value is -2.49. The maximum Gasteiger partial charge on any atom is 0.253 e. The molecule has 0 unspecified atom stereocenters. The fraction of sp³-hybridized carbons (Fsp3) is 0.462. The standard InChI is InChI=1S/C26H34N4O3S2/c1-4-14-30(15-5-2)35(32,33)22-12-10-21(11-13-22)25(31)28-16-18-29(19-17-28)26-27-24-20(6-3)8-7-9-23(24)34-26/h7-13H,4-6,14-19H2,1-3H3. The number of thiazole rings is 1. The van der Waals surface area contributed by atoms with Crippen LogP contribution in [0.4, 0.5) is 5.13 Å². The Bertz CT molecular complexity index is 1260. The highest BCUT2D eigenvalue weighted by atomic mass is 32.2. The third-order valence-electron chi connectivity index (χ3n) is 6.39. The van der Waals surface area contributed by atoms with E-state index in [1.165, 1.54) is 14.6 Å². The highest BCUT2D eigenvalue weighted by Gasteiger charge is 2.26. The van der Waals surface area contributed by atoms with Gasteiger partial charge >= 0.3 is 0 Å². The van der Waals surface area contributed by atoms with Crippen molar-refractivity contribution in [2.75, 3.05) is 44.2 Å². The molecule has 1 fully saturated rings. The highest BCUT2D eigenvalue weighted by molar-refractivity contribution is 7.89. The summed E-state index contributed by atoms with van der Waals surface area (Å²) in [6, 6.07) is 12.7. The molecule has 35 heavy (non-hydrogen) atoms. The van der Waals surface area contributed by atoms with Crippen molar-refractivity contribution in [3.05, 3.63) is 53.6 Å². The average molecular weight is 515 g/mol. The molecule has 0 bridgehead atoms. The van der Waals surface area contributed by atoms with Gasteiger partial charge in [0.05, 0.1) is 15.1 Å². The first-order valence-electron chi connectivity index (χ1n) is 12.4. The van der Waals surface area contributed by atoms with Gasteiger partial charge in [0.15, 0.2) is 5.13 Å². The smallest absolute Gasteiger partial charge is 0.253 e. The molecule has 1 aromatic heterocycles. The summed E-state index contributed by atoms with van der Waals surface area (Å²) in [5.41, 5.74) is 2.86. The SMILES string of the molecule is CCCN(CCC)S(=O)(=O)c1ccc(C(=O)N2CCN(c3nc4c(CC)cccc4s3)CC2)cc1. The second-order valence-electron chi connectivity index (χ2n) is 8.82. The molecule has 9 heteroatoms. The number of aromatic nitrogens is 1. The second kappa shape index (κ2) is 11.1. The van der Waals surface area contributed by atoms with Gasteiger partial charge in [-0.25, -0.2) is 13.4 Å². The van der Waals surface area contributed by atoms with Crippen LogP contribution >= 0.6 is 11.3 Å². The number of rotatable bonds is 9. The maximum atomic E-state index is 13.1. The van der Waals surface area contributed by atoms with Crippen molar-refractivity contribution in [2.24, 2.45) is 0 Å². The molecule has 0 saturated carbocycles. The number of aryl methyl sites for hydroxylation is 1. The number of sulfonamides is 1. The number of para-hydroxylation sites is 1. The first-order valence-corrected chi connectivity index (χ1v) is 14.7.